The zero-order valence-corrected chi connectivity index (χ0v) is 12.3. The summed E-state index contributed by atoms with van der Waals surface area (Å²) < 4.78 is 0. The molecule has 0 saturated heterocycles. The van der Waals surface area contributed by atoms with Gasteiger partial charge in [0.25, 0.3) is 5.69 Å². The SMILES string of the molecule is Cc1cc(/C=C(\C#N)c2nc3ccccc3[nH]2)ccc1[N+](=O)[O-]. The lowest BCUT2D eigenvalue weighted by Crippen LogP contribution is -1.92. The maximum absolute atomic E-state index is 10.9. The molecule has 1 aromatic heterocycles. The second-order valence-corrected chi connectivity index (χ2v) is 5.08. The Labute approximate surface area is 131 Å². The van der Waals surface area contributed by atoms with Crippen LogP contribution in [-0.2, 0) is 0 Å². The molecule has 0 amide bonds. The minimum atomic E-state index is -0.423. The summed E-state index contributed by atoms with van der Waals surface area (Å²) in [4.78, 5) is 17.9. The number of hydrogen-bond donors (Lipinski definition) is 1. The van der Waals surface area contributed by atoms with Crippen molar-refractivity contribution in [3.05, 3.63) is 69.5 Å². The molecular weight excluding hydrogens is 292 g/mol. The van der Waals surface area contributed by atoms with E-state index in [1.54, 1.807) is 25.1 Å². The van der Waals surface area contributed by atoms with Gasteiger partial charge in [-0.1, -0.05) is 12.1 Å². The average Bonchev–Trinajstić information content (AvgIpc) is 2.96. The number of rotatable bonds is 3. The van der Waals surface area contributed by atoms with Crippen molar-refractivity contribution in [2.24, 2.45) is 0 Å². The third-order valence-electron chi connectivity index (χ3n) is 3.49. The van der Waals surface area contributed by atoms with Crippen molar-refractivity contribution in [3.8, 4) is 6.07 Å². The van der Waals surface area contributed by atoms with E-state index in [1.165, 1.54) is 6.07 Å². The van der Waals surface area contributed by atoms with E-state index >= 15 is 0 Å². The Bertz CT molecular complexity index is 947. The van der Waals surface area contributed by atoms with Crippen molar-refractivity contribution in [3.63, 3.8) is 0 Å². The Morgan fingerprint density at radius 2 is 2.13 bits per heavy atom. The first kappa shape index (κ1) is 14.5. The van der Waals surface area contributed by atoms with E-state index in [1.807, 2.05) is 24.3 Å². The van der Waals surface area contributed by atoms with Crippen LogP contribution in [0.5, 0.6) is 0 Å². The van der Waals surface area contributed by atoms with Crippen molar-refractivity contribution in [1.82, 2.24) is 9.97 Å². The summed E-state index contributed by atoms with van der Waals surface area (Å²) in [6.45, 7) is 1.67. The lowest BCUT2D eigenvalue weighted by Gasteiger charge is -2.00. The molecule has 23 heavy (non-hydrogen) atoms. The molecular formula is C17H12N4O2. The molecule has 3 aromatic rings. The van der Waals surface area contributed by atoms with E-state index in [0.29, 0.717) is 22.5 Å². The fourth-order valence-corrected chi connectivity index (χ4v) is 2.37. The van der Waals surface area contributed by atoms with Gasteiger partial charge in [-0.15, -0.1) is 0 Å². The van der Waals surface area contributed by atoms with Gasteiger partial charge in [-0.05, 0) is 42.8 Å². The number of nitro groups is 1. The van der Waals surface area contributed by atoms with Gasteiger partial charge in [0.05, 0.1) is 21.5 Å². The number of hydrogen-bond acceptors (Lipinski definition) is 4. The number of nitrogens with zero attached hydrogens (tertiary/aromatic N) is 3. The van der Waals surface area contributed by atoms with Gasteiger partial charge in [-0.2, -0.15) is 5.26 Å². The van der Waals surface area contributed by atoms with Crippen molar-refractivity contribution in [1.29, 1.82) is 5.26 Å². The van der Waals surface area contributed by atoms with Crippen LogP contribution in [0, 0.1) is 28.4 Å². The molecule has 0 aliphatic heterocycles. The topological polar surface area (TPSA) is 95.6 Å². The first-order valence-electron chi connectivity index (χ1n) is 6.90. The lowest BCUT2D eigenvalue weighted by molar-refractivity contribution is -0.385. The number of benzene rings is 2. The Kier molecular flexibility index (Phi) is 3.61. The highest BCUT2D eigenvalue weighted by Crippen LogP contribution is 2.23. The van der Waals surface area contributed by atoms with E-state index in [0.717, 1.165) is 11.0 Å². The van der Waals surface area contributed by atoms with Crippen molar-refractivity contribution in [2.75, 3.05) is 0 Å². The Hall–Kier alpha value is -3.46. The van der Waals surface area contributed by atoms with E-state index in [4.69, 9.17) is 0 Å². The van der Waals surface area contributed by atoms with Crippen LogP contribution in [0.25, 0.3) is 22.7 Å². The number of imidazole rings is 1. The summed E-state index contributed by atoms with van der Waals surface area (Å²) in [6.07, 6.45) is 1.66. The van der Waals surface area contributed by atoms with Gasteiger partial charge in [0, 0.05) is 11.6 Å². The van der Waals surface area contributed by atoms with Gasteiger partial charge >= 0.3 is 0 Å². The van der Waals surface area contributed by atoms with Gasteiger partial charge in [0.15, 0.2) is 0 Å². The predicted molar refractivity (Wildman–Crippen MR) is 87.4 cm³/mol. The molecule has 0 saturated carbocycles. The fraction of sp³-hybridized carbons (Fsp3) is 0.0588. The van der Waals surface area contributed by atoms with Crippen molar-refractivity contribution in [2.45, 2.75) is 6.92 Å². The summed E-state index contributed by atoms with van der Waals surface area (Å²) >= 11 is 0. The lowest BCUT2D eigenvalue weighted by atomic mass is 10.1. The highest BCUT2D eigenvalue weighted by molar-refractivity contribution is 5.90. The number of fused-ring (bicyclic) bond motifs is 1. The van der Waals surface area contributed by atoms with Crippen LogP contribution >= 0.6 is 0 Å². The monoisotopic (exact) mass is 304 g/mol. The molecule has 1 N–H and O–H groups in total. The molecule has 0 radical (unpaired) electrons. The van der Waals surface area contributed by atoms with Crippen LogP contribution < -0.4 is 0 Å². The summed E-state index contributed by atoms with van der Waals surface area (Å²) in [7, 11) is 0. The molecule has 2 aromatic carbocycles. The third-order valence-corrected chi connectivity index (χ3v) is 3.49. The van der Waals surface area contributed by atoms with E-state index in [-0.39, 0.29) is 5.69 Å². The van der Waals surface area contributed by atoms with Crippen LogP contribution in [-0.4, -0.2) is 14.9 Å². The van der Waals surface area contributed by atoms with Crippen molar-refractivity contribution >= 4 is 28.4 Å². The standard InChI is InChI=1S/C17H12N4O2/c1-11-8-12(6-7-16(11)21(22)23)9-13(10-18)17-19-14-4-2-3-5-15(14)20-17/h2-9H,1H3,(H,19,20)/b13-9+. The van der Waals surface area contributed by atoms with Gasteiger partial charge in [0.2, 0.25) is 0 Å². The number of H-pyrrole nitrogens is 1. The highest BCUT2D eigenvalue weighted by Gasteiger charge is 2.11. The first-order valence-corrected chi connectivity index (χ1v) is 6.90. The molecule has 6 nitrogen and oxygen atoms in total. The maximum atomic E-state index is 10.9. The molecule has 112 valence electrons. The smallest absolute Gasteiger partial charge is 0.272 e. The summed E-state index contributed by atoms with van der Waals surface area (Å²) in [6, 6.07) is 14.4. The average molecular weight is 304 g/mol. The fourth-order valence-electron chi connectivity index (χ4n) is 2.37. The summed E-state index contributed by atoms with van der Waals surface area (Å²) in [5.41, 5.74) is 3.32. The van der Waals surface area contributed by atoms with Crippen LogP contribution in [0.4, 0.5) is 5.69 Å². The zero-order chi connectivity index (χ0) is 16.4. The number of nitrogens with one attached hydrogen (secondary N) is 1. The number of aromatic nitrogens is 2. The van der Waals surface area contributed by atoms with Crippen LogP contribution in [0.1, 0.15) is 17.0 Å². The van der Waals surface area contributed by atoms with Gasteiger partial charge in [-0.25, -0.2) is 4.98 Å². The van der Waals surface area contributed by atoms with Crippen LogP contribution in [0.15, 0.2) is 42.5 Å². The summed E-state index contributed by atoms with van der Waals surface area (Å²) in [5.74, 6) is 0.477. The number of aromatic amines is 1. The molecule has 0 fully saturated rings. The summed E-state index contributed by atoms with van der Waals surface area (Å²) in [5, 5.41) is 20.2. The minimum absolute atomic E-state index is 0.0596. The van der Waals surface area contributed by atoms with Gasteiger partial charge < -0.3 is 4.98 Å². The van der Waals surface area contributed by atoms with Crippen LogP contribution in [0.2, 0.25) is 0 Å². The molecule has 0 atom stereocenters. The molecule has 1 heterocycles. The van der Waals surface area contributed by atoms with E-state index < -0.39 is 4.92 Å². The Morgan fingerprint density at radius 1 is 1.35 bits per heavy atom. The second kappa shape index (κ2) is 5.73. The number of nitriles is 1. The zero-order valence-electron chi connectivity index (χ0n) is 12.3. The Balaban J connectivity index is 2.03. The minimum Gasteiger partial charge on any atom is -0.337 e. The Morgan fingerprint density at radius 3 is 2.78 bits per heavy atom. The molecule has 3 rings (SSSR count). The normalized spacial score (nSPS) is 11.4. The predicted octanol–water partition coefficient (Wildman–Crippen LogP) is 3.84. The number of nitro benzene ring substituents is 1. The largest absolute Gasteiger partial charge is 0.337 e. The van der Waals surface area contributed by atoms with Crippen molar-refractivity contribution < 1.29 is 4.92 Å². The first-order chi connectivity index (χ1) is 11.1. The second-order valence-electron chi connectivity index (χ2n) is 5.08. The molecule has 0 unspecified atom stereocenters. The molecule has 0 spiro atoms. The number of allylic oxidation sites excluding steroid dienone is 1. The maximum Gasteiger partial charge on any atom is 0.272 e. The van der Waals surface area contributed by atoms with E-state index in [9.17, 15) is 15.4 Å². The third kappa shape index (κ3) is 2.80. The molecule has 0 aliphatic carbocycles. The van der Waals surface area contributed by atoms with Gasteiger partial charge in [-0.3, -0.25) is 10.1 Å². The molecule has 6 heteroatoms. The molecule has 0 bridgehead atoms. The number of para-hydroxylation sites is 2. The highest BCUT2D eigenvalue weighted by atomic mass is 16.6. The van der Waals surface area contributed by atoms with E-state index in [2.05, 4.69) is 16.0 Å². The quantitative estimate of drug-likeness (QED) is 0.451. The number of aryl methyl sites for hydroxylation is 1. The molecule has 0 aliphatic rings. The van der Waals surface area contributed by atoms with Crippen LogP contribution in [0.3, 0.4) is 0 Å². The van der Waals surface area contributed by atoms with Gasteiger partial charge in [0.1, 0.15) is 11.9 Å².